The first-order valence-corrected chi connectivity index (χ1v) is 10.5. The highest BCUT2D eigenvalue weighted by Gasteiger charge is 2.22. The van der Waals surface area contributed by atoms with Gasteiger partial charge in [-0.1, -0.05) is 32.0 Å². The number of nitrogens with one attached hydrogen (secondary N) is 1. The molecular weight excluding hydrogens is 362 g/mol. The molecule has 1 aliphatic heterocycles. The molecule has 29 heavy (non-hydrogen) atoms. The molecule has 0 unspecified atom stereocenters. The normalized spacial score (nSPS) is 15.4. The molecule has 0 bridgehead atoms. The van der Waals surface area contributed by atoms with E-state index in [0.717, 1.165) is 49.0 Å². The van der Waals surface area contributed by atoms with Crippen LogP contribution in [0.1, 0.15) is 54.9 Å². The van der Waals surface area contributed by atoms with Crippen LogP contribution in [0.3, 0.4) is 0 Å². The molecule has 1 aliphatic rings. The third-order valence-electron chi connectivity index (χ3n) is 5.90. The number of nitrogens with two attached hydrogens (primary N) is 1. The zero-order valence-electron chi connectivity index (χ0n) is 17.8. The summed E-state index contributed by atoms with van der Waals surface area (Å²) in [6.07, 6.45) is 3.85. The van der Waals surface area contributed by atoms with Gasteiger partial charge in [-0.2, -0.15) is 19.6 Å². The van der Waals surface area contributed by atoms with Crippen LogP contribution in [-0.2, 0) is 6.54 Å². The third kappa shape index (κ3) is 3.92. The molecule has 154 valence electrons. The lowest BCUT2D eigenvalue weighted by atomic mass is 10.0. The number of benzene rings is 1. The molecule has 1 saturated heterocycles. The Kier molecular flexibility index (Phi) is 5.41. The SMILES string of the molecule is Cc1cccc(C)c1CNc1nc(N2CCC(N)CC2)nc2c(C(C)C)cnn12. The zero-order chi connectivity index (χ0) is 20.5. The van der Waals surface area contributed by atoms with Crippen molar-refractivity contribution in [2.45, 2.75) is 59.0 Å². The number of aromatic nitrogens is 4. The molecule has 2 aromatic heterocycles. The van der Waals surface area contributed by atoms with Crippen molar-refractivity contribution in [3.63, 3.8) is 0 Å². The summed E-state index contributed by atoms with van der Waals surface area (Å²) in [4.78, 5) is 12.0. The summed E-state index contributed by atoms with van der Waals surface area (Å²) in [5.41, 5.74) is 11.9. The Morgan fingerprint density at radius 1 is 1.14 bits per heavy atom. The molecule has 0 saturated carbocycles. The fourth-order valence-corrected chi connectivity index (χ4v) is 3.94. The van der Waals surface area contributed by atoms with E-state index in [4.69, 9.17) is 15.7 Å². The first-order valence-electron chi connectivity index (χ1n) is 10.5. The van der Waals surface area contributed by atoms with Gasteiger partial charge in [-0.3, -0.25) is 0 Å². The van der Waals surface area contributed by atoms with Crippen molar-refractivity contribution in [3.05, 3.63) is 46.6 Å². The average Bonchev–Trinajstić information content (AvgIpc) is 3.12. The van der Waals surface area contributed by atoms with Crippen LogP contribution in [0.4, 0.5) is 11.9 Å². The van der Waals surface area contributed by atoms with E-state index in [1.54, 1.807) is 0 Å². The molecule has 3 N–H and O–H groups in total. The molecule has 3 aromatic rings. The van der Waals surface area contributed by atoms with Crippen LogP contribution in [0.15, 0.2) is 24.4 Å². The Morgan fingerprint density at radius 2 is 1.83 bits per heavy atom. The zero-order valence-corrected chi connectivity index (χ0v) is 17.8. The van der Waals surface area contributed by atoms with Crippen LogP contribution in [0.25, 0.3) is 5.65 Å². The van der Waals surface area contributed by atoms with Crippen LogP contribution >= 0.6 is 0 Å². The highest BCUT2D eigenvalue weighted by Crippen LogP contribution is 2.25. The summed E-state index contributed by atoms with van der Waals surface area (Å²) < 4.78 is 1.84. The van der Waals surface area contributed by atoms with E-state index in [1.165, 1.54) is 16.7 Å². The van der Waals surface area contributed by atoms with E-state index in [1.807, 2.05) is 10.7 Å². The molecule has 0 aliphatic carbocycles. The van der Waals surface area contributed by atoms with Crippen molar-refractivity contribution < 1.29 is 0 Å². The van der Waals surface area contributed by atoms with Crippen molar-refractivity contribution in [1.29, 1.82) is 0 Å². The van der Waals surface area contributed by atoms with Crippen LogP contribution in [0.5, 0.6) is 0 Å². The highest BCUT2D eigenvalue weighted by molar-refractivity contribution is 5.56. The lowest BCUT2D eigenvalue weighted by Gasteiger charge is -2.30. The summed E-state index contributed by atoms with van der Waals surface area (Å²) in [6, 6.07) is 6.66. The van der Waals surface area contributed by atoms with Gasteiger partial charge in [0.1, 0.15) is 0 Å². The second-order valence-corrected chi connectivity index (χ2v) is 8.39. The van der Waals surface area contributed by atoms with Crippen molar-refractivity contribution in [2.24, 2.45) is 5.73 Å². The van der Waals surface area contributed by atoms with Gasteiger partial charge in [0, 0.05) is 31.2 Å². The number of piperidine rings is 1. The van der Waals surface area contributed by atoms with Gasteiger partial charge in [-0.15, -0.1) is 0 Å². The van der Waals surface area contributed by atoms with Gasteiger partial charge in [0.15, 0.2) is 5.65 Å². The second-order valence-electron chi connectivity index (χ2n) is 8.39. The first kappa shape index (κ1) is 19.6. The summed E-state index contributed by atoms with van der Waals surface area (Å²) in [7, 11) is 0. The lowest BCUT2D eigenvalue weighted by molar-refractivity contribution is 0.495. The summed E-state index contributed by atoms with van der Waals surface area (Å²) in [5, 5.41) is 8.11. The Bertz CT molecular complexity index is 980. The lowest BCUT2D eigenvalue weighted by Crippen LogP contribution is -2.40. The van der Waals surface area contributed by atoms with E-state index >= 15 is 0 Å². The van der Waals surface area contributed by atoms with Crippen LogP contribution < -0.4 is 16.0 Å². The first-order chi connectivity index (χ1) is 13.9. The molecule has 1 aromatic carbocycles. The van der Waals surface area contributed by atoms with Gasteiger partial charge in [0.25, 0.3) is 0 Å². The summed E-state index contributed by atoms with van der Waals surface area (Å²) in [5.74, 6) is 1.83. The van der Waals surface area contributed by atoms with Gasteiger partial charge >= 0.3 is 0 Å². The van der Waals surface area contributed by atoms with Crippen molar-refractivity contribution in [3.8, 4) is 0 Å². The monoisotopic (exact) mass is 393 g/mol. The maximum atomic E-state index is 6.09. The smallest absolute Gasteiger partial charge is 0.230 e. The molecule has 7 nitrogen and oxygen atoms in total. The fraction of sp³-hybridized carbons (Fsp3) is 0.500. The van der Waals surface area contributed by atoms with Crippen molar-refractivity contribution in [1.82, 2.24) is 19.6 Å². The number of fused-ring (bicyclic) bond motifs is 1. The third-order valence-corrected chi connectivity index (χ3v) is 5.90. The van der Waals surface area contributed by atoms with Gasteiger partial charge in [-0.05, 0) is 49.3 Å². The van der Waals surface area contributed by atoms with Gasteiger partial charge in [0.05, 0.1) is 6.20 Å². The minimum atomic E-state index is 0.276. The number of anilines is 2. The number of nitrogens with zero attached hydrogens (tertiary/aromatic N) is 5. The number of hydrogen-bond acceptors (Lipinski definition) is 6. The van der Waals surface area contributed by atoms with Gasteiger partial charge in [0.2, 0.25) is 11.9 Å². The predicted molar refractivity (Wildman–Crippen MR) is 118 cm³/mol. The average molecular weight is 394 g/mol. The van der Waals surface area contributed by atoms with Crippen LogP contribution in [0, 0.1) is 13.8 Å². The molecule has 4 rings (SSSR count). The second kappa shape index (κ2) is 7.99. The Morgan fingerprint density at radius 3 is 2.48 bits per heavy atom. The molecule has 7 heteroatoms. The highest BCUT2D eigenvalue weighted by atomic mass is 15.4. The Labute approximate surface area is 172 Å². The number of aryl methyl sites for hydroxylation is 2. The minimum Gasteiger partial charge on any atom is -0.350 e. The summed E-state index contributed by atoms with van der Waals surface area (Å²) in [6.45, 7) is 11.1. The topological polar surface area (TPSA) is 84.4 Å². The Hall–Kier alpha value is -2.67. The van der Waals surface area contributed by atoms with Gasteiger partial charge in [-0.25, -0.2) is 0 Å². The van der Waals surface area contributed by atoms with Crippen LogP contribution in [-0.4, -0.2) is 38.7 Å². The largest absolute Gasteiger partial charge is 0.350 e. The molecule has 0 spiro atoms. The quantitative estimate of drug-likeness (QED) is 0.691. The molecule has 3 heterocycles. The van der Waals surface area contributed by atoms with E-state index in [0.29, 0.717) is 12.5 Å². The molecule has 0 amide bonds. The maximum absolute atomic E-state index is 6.09. The molecule has 0 atom stereocenters. The molecule has 1 fully saturated rings. The van der Waals surface area contributed by atoms with E-state index < -0.39 is 0 Å². The Balaban J connectivity index is 1.71. The van der Waals surface area contributed by atoms with Crippen LogP contribution in [0.2, 0.25) is 0 Å². The van der Waals surface area contributed by atoms with E-state index in [-0.39, 0.29) is 6.04 Å². The van der Waals surface area contributed by atoms with Crippen molar-refractivity contribution in [2.75, 3.05) is 23.3 Å². The van der Waals surface area contributed by atoms with Crippen molar-refractivity contribution >= 4 is 17.5 Å². The van der Waals surface area contributed by atoms with E-state index in [9.17, 15) is 0 Å². The fourth-order valence-electron chi connectivity index (χ4n) is 3.94. The predicted octanol–water partition coefficient (Wildman–Crippen LogP) is 3.40. The minimum absolute atomic E-state index is 0.276. The number of rotatable bonds is 5. The summed E-state index contributed by atoms with van der Waals surface area (Å²) >= 11 is 0. The standard InChI is InChI=1S/C22H31N7/c1-14(2)18-13-25-29-20(18)26-22(28-10-8-17(23)9-11-28)27-21(29)24-12-19-15(3)6-5-7-16(19)4/h5-7,13-14,17H,8-12,23H2,1-4H3,(H,24,26,27). The molecule has 0 radical (unpaired) electrons. The molecular formula is C22H31N7. The van der Waals surface area contributed by atoms with Gasteiger partial charge < -0.3 is 16.0 Å². The number of hydrogen-bond donors (Lipinski definition) is 2. The maximum Gasteiger partial charge on any atom is 0.230 e. The van der Waals surface area contributed by atoms with E-state index in [2.05, 4.69) is 61.2 Å².